The monoisotopic (exact) mass is 711 g/mol. The van der Waals surface area contributed by atoms with Crippen LogP contribution in [0.3, 0.4) is 0 Å². The largest absolute Gasteiger partial charge is 0.378 e. The van der Waals surface area contributed by atoms with E-state index in [1.165, 1.54) is 53.7 Å². The van der Waals surface area contributed by atoms with Crippen LogP contribution >= 0.6 is 11.3 Å². The zero-order valence-electron chi connectivity index (χ0n) is 28.5. The van der Waals surface area contributed by atoms with Gasteiger partial charge >= 0.3 is 0 Å². The lowest BCUT2D eigenvalue weighted by atomic mass is 9.86. The second kappa shape index (κ2) is 17.4. The molecule has 4 aromatic heterocycles. The van der Waals surface area contributed by atoms with Crippen molar-refractivity contribution in [3.05, 3.63) is 141 Å². The summed E-state index contributed by atoms with van der Waals surface area (Å²) in [6.45, 7) is 6.70. The standard InChI is InChI=1S/C16H13F2N3O.C11H19N3O.C10H7N3S/c17-13-7-5-12(6-8-13)16(22,9-21-11-19-10-20-21)14-3-1-2-4-15(14)18;1-4-6-7-9-8(3)13-11(12-5-2)14-10(9)15;1-2-4-8-7(3-1)12-10(13-8)9-5-14-6-11-9/h1-8,10-11,22H,9H2;4-7H2,1-3H3,(H2,12,13,14,15);1-6H,(H,12,13). The van der Waals surface area contributed by atoms with Gasteiger partial charge in [-0.2, -0.15) is 5.10 Å². The van der Waals surface area contributed by atoms with Crippen LogP contribution in [0.15, 0.2) is 101 Å². The number of rotatable bonds is 10. The maximum Gasteiger partial charge on any atom is 0.255 e. The first kappa shape index (κ1) is 36.7. The van der Waals surface area contributed by atoms with Crippen LogP contribution in [-0.4, -0.2) is 51.3 Å². The molecule has 0 spiro atoms. The number of aromatic nitrogens is 8. The van der Waals surface area contributed by atoms with E-state index in [-0.39, 0.29) is 17.7 Å². The Hall–Kier alpha value is -5.60. The number of para-hydroxylation sites is 2. The van der Waals surface area contributed by atoms with Gasteiger partial charge in [0.05, 0.1) is 23.1 Å². The molecule has 0 aliphatic rings. The summed E-state index contributed by atoms with van der Waals surface area (Å²) in [5, 5.41) is 20.1. The lowest BCUT2D eigenvalue weighted by molar-refractivity contribution is 0.0535. The number of benzene rings is 3. The molecule has 0 aliphatic heterocycles. The SMILES string of the molecule is CCCCc1c(C)nc(NCC)[nH]c1=O.OC(Cn1cncn1)(c1ccc(F)cc1)c1ccccc1F.c1ccc2[nH]c(-c3cscn3)nc2c1. The summed E-state index contributed by atoms with van der Waals surface area (Å²) < 4.78 is 28.7. The molecule has 4 heterocycles. The topological polar surface area (TPSA) is 150 Å². The highest BCUT2D eigenvalue weighted by molar-refractivity contribution is 7.07. The van der Waals surface area contributed by atoms with Crippen LogP contribution in [0.5, 0.6) is 0 Å². The highest BCUT2D eigenvalue weighted by Crippen LogP contribution is 2.33. The van der Waals surface area contributed by atoms with Crippen molar-refractivity contribution in [1.29, 1.82) is 0 Å². The summed E-state index contributed by atoms with van der Waals surface area (Å²) in [5.41, 5.74) is 5.17. The van der Waals surface area contributed by atoms with Gasteiger partial charge in [0.2, 0.25) is 5.95 Å². The van der Waals surface area contributed by atoms with Gasteiger partial charge in [-0.1, -0.05) is 55.8 Å². The third-order valence-corrected chi connectivity index (χ3v) is 8.50. The molecule has 0 fully saturated rings. The Bertz CT molecular complexity index is 2140. The van der Waals surface area contributed by atoms with Crippen LogP contribution in [0.4, 0.5) is 14.7 Å². The van der Waals surface area contributed by atoms with Crippen LogP contribution in [0.25, 0.3) is 22.6 Å². The first-order valence-corrected chi connectivity index (χ1v) is 17.4. The van der Waals surface area contributed by atoms with Gasteiger partial charge in [-0.15, -0.1) is 11.3 Å². The zero-order valence-corrected chi connectivity index (χ0v) is 29.3. The molecule has 0 bridgehead atoms. The lowest BCUT2D eigenvalue weighted by Gasteiger charge is -2.29. The number of nitrogens with one attached hydrogen (secondary N) is 3. The molecule has 0 aliphatic carbocycles. The molecule has 4 N–H and O–H groups in total. The average Bonchev–Trinajstić information content (AvgIpc) is 3.92. The Kier molecular flexibility index (Phi) is 12.5. The first-order valence-electron chi connectivity index (χ1n) is 16.4. The second-order valence-electron chi connectivity index (χ2n) is 11.5. The molecular formula is C37H39F2N9O2S. The number of fused-ring (bicyclic) bond motifs is 1. The van der Waals surface area contributed by atoms with Crippen LogP contribution in [0.2, 0.25) is 0 Å². The molecule has 51 heavy (non-hydrogen) atoms. The van der Waals surface area contributed by atoms with Crippen molar-refractivity contribution in [2.45, 2.75) is 52.2 Å². The van der Waals surface area contributed by atoms with E-state index in [0.717, 1.165) is 59.6 Å². The quantitative estimate of drug-likeness (QED) is 0.118. The molecule has 14 heteroatoms. The number of halogens is 2. The van der Waals surface area contributed by atoms with E-state index < -0.39 is 17.2 Å². The van der Waals surface area contributed by atoms with Crippen molar-refractivity contribution >= 4 is 28.3 Å². The van der Waals surface area contributed by atoms with Crippen molar-refractivity contribution < 1.29 is 13.9 Å². The average molecular weight is 712 g/mol. The molecule has 7 rings (SSSR count). The third-order valence-electron chi connectivity index (χ3n) is 7.91. The van der Waals surface area contributed by atoms with Crippen LogP contribution < -0.4 is 10.9 Å². The molecule has 1 atom stereocenters. The number of aryl methyl sites for hydroxylation is 1. The Morgan fingerprint density at radius 2 is 1.75 bits per heavy atom. The summed E-state index contributed by atoms with van der Waals surface area (Å²) in [6, 6.07) is 19.2. The summed E-state index contributed by atoms with van der Waals surface area (Å²) in [6.07, 6.45) is 5.69. The molecule has 0 saturated heterocycles. The maximum absolute atomic E-state index is 14.2. The van der Waals surface area contributed by atoms with E-state index in [4.69, 9.17) is 0 Å². The van der Waals surface area contributed by atoms with Gasteiger partial charge in [0.25, 0.3) is 5.56 Å². The smallest absolute Gasteiger partial charge is 0.255 e. The van der Waals surface area contributed by atoms with Crippen LogP contribution in [-0.2, 0) is 18.6 Å². The lowest BCUT2D eigenvalue weighted by Crippen LogP contribution is -2.34. The molecule has 0 saturated carbocycles. The van der Waals surface area contributed by atoms with E-state index in [0.29, 0.717) is 11.5 Å². The van der Waals surface area contributed by atoms with Gasteiger partial charge in [-0.25, -0.2) is 33.4 Å². The maximum atomic E-state index is 14.2. The van der Waals surface area contributed by atoms with Gasteiger partial charge in [-0.3, -0.25) is 9.78 Å². The number of hydrogen-bond acceptors (Lipinski definition) is 9. The van der Waals surface area contributed by atoms with Gasteiger partial charge in [0.1, 0.15) is 35.6 Å². The molecule has 11 nitrogen and oxygen atoms in total. The number of hydrogen-bond donors (Lipinski definition) is 4. The van der Waals surface area contributed by atoms with E-state index in [1.807, 2.05) is 49.0 Å². The van der Waals surface area contributed by atoms with Crippen molar-refractivity contribution in [1.82, 2.24) is 39.7 Å². The summed E-state index contributed by atoms with van der Waals surface area (Å²) in [4.78, 5) is 34.5. The molecule has 0 amide bonds. The van der Waals surface area contributed by atoms with Crippen LogP contribution in [0, 0.1) is 18.6 Å². The fraction of sp³-hybridized carbons (Fsp3) is 0.243. The third kappa shape index (κ3) is 9.35. The first-order chi connectivity index (χ1) is 24.7. The number of H-pyrrole nitrogens is 2. The summed E-state index contributed by atoms with van der Waals surface area (Å²) >= 11 is 1.57. The molecule has 264 valence electrons. The Morgan fingerprint density at radius 1 is 0.980 bits per heavy atom. The highest BCUT2D eigenvalue weighted by Gasteiger charge is 2.35. The Balaban J connectivity index is 0.000000154. The second-order valence-corrected chi connectivity index (χ2v) is 12.2. The number of anilines is 1. The number of nitrogens with zero attached hydrogens (tertiary/aromatic N) is 6. The van der Waals surface area contributed by atoms with Gasteiger partial charge in [0, 0.05) is 28.7 Å². The number of aromatic amines is 2. The summed E-state index contributed by atoms with van der Waals surface area (Å²) in [7, 11) is 0. The predicted molar refractivity (Wildman–Crippen MR) is 195 cm³/mol. The van der Waals surface area contributed by atoms with Crippen LogP contribution in [0.1, 0.15) is 49.1 Å². The van der Waals surface area contributed by atoms with Gasteiger partial charge in [-0.05, 0) is 62.6 Å². The number of unbranched alkanes of at least 4 members (excludes halogenated alkanes) is 1. The number of aliphatic hydroxyl groups is 1. The Morgan fingerprint density at radius 3 is 2.39 bits per heavy atom. The summed E-state index contributed by atoms with van der Waals surface area (Å²) in [5.74, 6) is 0.433. The molecular weight excluding hydrogens is 673 g/mol. The Labute approximate surface area is 297 Å². The van der Waals surface area contributed by atoms with E-state index in [1.54, 1.807) is 23.5 Å². The normalized spacial score (nSPS) is 12.0. The van der Waals surface area contributed by atoms with Crippen molar-refractivity contribution in [3.8, 4) is 11.5 Å². The van der Waals surface area contributed by atoms with E-state index in [2.05, 4.69) is 47.2 Å². The zero-order chi connectivity index (χ0) is 36.2. The fourth-order valence-corrected chi connectivity index (χ4v) is 5.85. The fourth-order valence-electron chi connectivity index (χ4n) is 5.32. The number of imidazole rings is 1. The molecule has 0 radical (unpaired) electrons. The van der Waals surface area contributed by atoms with Crippen molar-refractivity contribution in [2.24, 2.45) is 0 Å². The van der Waals surface area contributed by atoms with E-state index in [9.17, 15) is 18.7 Å². The highest BCUT2D eigenvalue weighted by atomic mass is 32.1. The van der Waals surface area contributed by atoms with Crippen molar-refractivity contribution in [3.63, 3.8) is 0 Å². The predicted octanol–water partition coefficient (Wildman–Crippen LogP) is 7.03. The minimum atomic E-state index is -1.69. The number of thiazole rings is 1. The van der Waals surface area contributed by atoms with Crippen molar-refractivity contribution in [2.75, 3.05) is 11.9 Å². The minimum absolute atomic E-state index is 0.00750. The minimum Gasteiger partial charge on any atom is -0.378 e. The molecule has 7 aromatic rings. The molecule has 1 unspecified atom stereocenters. The molecule has 3 aromatic carbocycles. The van der Waals surface area contributed by atoms with Gasteiger partial charge in [0.15, 0.2) is 5.82 Å². The van der Waals surface area contributed by atoms with Gasteiger partial charge < -0.3 is 15.4 Å². The van der Waals surface area contributed by atoms with E-state index >= 15 is 0 Å².